The second-order valence-electron chi connectivity index (χ2n) is 12.1. The van der Waals surface area contributed by atoms with Gasteiger partial charge in [0.2, 0.25) is 0 Å². The number of allylic oxidation sites excluding steroid dienone is 4. The average molecular weight is 577 g/mol. The highest BCUT2D eigenvalue weighted by molar-refractivity contribution is 6.19. The Bertz CT molecular complexity index is 2700. The van der Waals surface area contributed by atoms with E-state index in [1.165, 1.54) is 76.9 Å². The minimum absolute atomic E-state index is 0.942. The fourth-order valence-electron chi connectivity index (χ4n) is 7.67. The first-order valence-electron chi connectivity index (χ1n) is 15.7. The number of rotatable bonds is 3. The molecule has 1 aliphatic carbocycles. The summed E-state index contributed by atoms with van der Waals surface area (Å²) < 4.78 is 11.1. The van der Waals surface area contributed by atoms with Gasteiger partial charge >= 0.3 is 0 Å². The van der Waals surface area contributed by atoms with Gasteiger partial charge in [-0.25, -0.2) is 0 Å². The molecule has 0 aliphatic heterocycles. The molecular formula is C42H28N2O. The van der Waals surface area contributed by atoms with Crippen LogP contribution in [0.2, 0.25) is 0 Å². The Hall–Kier alpha value is -5.80. The molecule has 1 aliphatic rings. The highest BCUT2D eigenvalue weighted by Gasteiger charge is 2.21. The Morgan fingerprint density at radius 2 is 1.09 bits per heavy atom. The van der Waals surface area contributed by atoms with Crippen LogP contribution in [0.25, 0.3) is 82.5 Å². The molecule has 3 heterocycles. The monoisotopic (exact) mass is 576 g/mol. The van der Waals surface area contributed by atoms with E-state index in [0.717, 1.165) is 24.0 Å². The highest BCUT2D eigenvalue weighted by atomic mass is 16.3. The molecule has 0 fully saturated rings. The van der Waals surface area contributed by atoms with Crippen LogP contribution in [0.3, 0.4) is 0 Å². The zero-order valence-electron chi connectivity index (χ0n) is 24.6. The molecule has 45 heavy (non-hydrogen) atoms. The predicted molar refractivity (Wildman–Crippen MR) is 189 cm³/mol. The molecule has 0 unspecified atom stereocenters. The largest absolute Gasteiger partial charge is 0.456 e. The number of furan rings is 1. The van der Waals surface area contributed by atoms with E-state index in [0.29, 0.717) is 0 Å². The molecule has 0 bridgehead atoms. The molecule has 0 saturated heterocycles. The lowest BCUT2D eigenvalue weighted by atomic mass is 9.92. The van der Waals surface area contributed by atoms with Crippen LogP contribution in [0.1, 0.15) is 18.4 Å². The van der Waals surface area contributed by atoms with Crippen LogP contribution in [-0.4, -0.2) is 9.13 Å². The number of fused-ring (bicyclic) bond motifs is 9. The minimum Gasteiger partial charge on any atom is -0.456 e. The first-order chi connectivity index (χ1) is 22.3. The summed E-state index contributed by atoms with van der Waals surface area (Å²) in [5.41, 5.74) is 12.0. The van der Waals surface area contributed by atoms with E-state index in [-0.39, 0.29) is 0 Å². The number of benzene rings is 6. The van der Waals surface area contributed by atoms with Crippen molar-refractivity contribution in [3.05, 3.63) is 151 Å². The summed E-state index contributed by atoms with van der Waals surface area (Å²) in [6.07, 6.45) is 6.58. The summed E-state index contributed by atoms with van der Waals surface area (Å²) in [7, 11) is 0. The molecule has 0 saturated carbocycles. The predicted octanol–water partition coefficient (Wildman–Crippen LogP) is 11.5. The Morgan fingerprint density at radius 1 is 0.444 bits per heavy atom. The van der Waals surface area contributed by atoms with Gasteiger partial charge in [-0.2, -0.15) is 0 Å². The molecule has 6 aromatic carbocycles. The van der Waals surface area contributed by atoms with Gasteiger partial charge in [-0.15, -0.1) is 0 Å². The van der Waals surface area contributed by atoms with Gasteiger partial charge in [0.15, 0.2) is 0 Å². The van der Waals surface area contributed by atoms with Gasteiger partial charge in [-0.1, -0.05) is 91.0 Å². The lowest BCUT2D eigenvalue weighted by molar-refractivity contribution is 0.669. The topological polar surface area (TPSA) is 23.0 Å². The molecule has 0 radical (unpaired) electrons. The summed E-state index contributed by atoms with van der Waals surface area (Å²) in [6.45, 7) is 0. The van der Waals surface area contributed by atoms with E-state index in [1.54, 1.807) is 0 Å². The molecule has 212 valence electrons. The van der Waals surface area contributed by atoms with Crippen LogP contribution in [0, 0.1) is 0 Å². The second-order valence-corrected chi connectivity index (χ2v) is 12.1. The van der Waals surface area contributed by atoms with Crippen LogP contribution in [-0.2, 0) is 0 Å². The maximum Gasteiger partial charge on any atom is 0.136 e. The molecule has 0 atom stereocenters. The number of aromatic nitrogens is 2. The minimum atomic E-state index is 0.942. The molecule has 3 aromatic heterocycles. The smallest absolute Gasteiger partial charge is 0.136 e. The quantitative estimate of drug-likeness (QED) is 0.205. The van der Waals surface area contributed by atoms with E-state index in [1.807, 2.05) is 6.07 Å². The number of hydrogen-bond donors (Lipinski definition) is 0. The van der Waals surface area contributed by atoms with E-state index in [9.17, 15) is 0 Å². The maximum atomic E-state index is 6.21. The van der Waals surface area contributed by atoms with Crippen LogP contribution < -0.4 is 0 Å². The summed E-state index contributed by atoms with van der Waals surface area (Å²) in [4.78, 5) is 0. The number of nitrogens with zero attached hydrogens (tertiary/aromatic N) is 2. The van der Waals surface area contributed by atoms with Gasteiger partial charge < -0.3 is 13.6 Å². The SMILES string of the molecule is C1=C(c2cccc3oc4ccccc4c23)CCC(n2c3ccccc3c3cc4c5ccccc5n(-c5ccccc5)c4cc32)=C1. The van der Waals surface area contributed by atoms with Gasteiger partial charge in [0.1, 0.15) is 11.2 Å². The maximum absolute atomic E-state index is 6.21. The zero-order chi connectivity index (χ0) is 29.5. The molecule has 10 rings (SSSR count). The van der Waals surface area contributed by atoms with Gasteiger partial charge in [0, 0.05) is 43.7 Å². The third-order valence-corrected chi connectivity index (χ3v) is 9.64. The van der Waals surface area contributed by atoms with E-state index < -0.39 is 0 Å². The summed E-state index contributed by atoms with van der Waals surface area (Å²) >= 11 is 0. The zero-order valence-corrected chi connectivity index (χ0v) is 24.6. The van der Waals surface area contributed by atoms with Crippen molar-refractivity contribution < 1.29 is 4.42 Å². The van der Waals surface area contributed by atoms with Crippen molar-refractivity contribution in [1.82, 2.24) is 9.13 Å². The molecular weight excluding hydrogens is 548 g/mol. The fourth-order valence-corrected chi connectivity index (χ4v) is 7.67. The lowest BCUT2D eigenvalue weighted by Gasteiger charge is -2.19. The Kier molecular flexibility index (Phi) is 5.11. The van der Waals surface area contributed by atoms with E-state index >= 15 is 0 Å². The average Bonchev–Trinajstić information content (AvgIpc) is 3.75. The number of para-hydroxylation sites is 4. The number of hydrogen-bond acceptors (Lipinski definition) is 1. The van der Waals surface area contributed by atoms with Crippen molar-refractivity contribution in [2.24, 2.45) is 0 Å². The van der Waals surface area contributed by atoms with Crippen molar-refractivity contribution in [2.75, 3.05) is 0 Å². The first kappa shape index (κ1) is 24.6. The van der Waals surface area contributed by atoms with Crippen molar-refractivity contribution >= 4 is 76.8 Å². The van der Waals surface area contributed by atoms with Crippen molar-refractivity contribution in [3.8, 4) is 5.69 Å². The molecule has 9 aromatic rings. The van der Waals surface area contributed by atoms with Crippen LogP contribution >= 0.6 is 0 Å². The van der Waals surface area contributed by atoms with E-state index in [2.05, 4.69) is 149 Å². The van der Waals surface area contributed by atoms with E-state index in [4.69, 9.17) is 4.42 Å². The first-order valence-corrected chi connectivity index (χ1v) is 15.7. The van der Waals surface area contributed by atoms with Crippen LogP contribution in [0.15, 0.2) is 150 Å². The van der Waals surface area contributed by atoms with Gasteiger partial charge in [0.05, 0.1) is 22.1 Å². The Labute approximate surface area is 259 Å². The van der Waals surface area contributed by atoms with Crippen molar-refractivity contribution in [2.45, 2.75) is 12.8 Å². The van der Waals surface area contributed by atoms with Crippen LogP contribution in [0.5, 0.6) is 0 Å². The molecule has 0 N–H and O–H groups in total. The Morgan fingerprint density at radius 3 is 1.84 bits per heavy atom. The van der Waals surface area contributed by atoms with Gasteiger partial charge in [-0.05, 0) is 78.6 Å². The van der Waals surface area contributed by atoms with Crippen molar-refractivity contribution in [3.63, 3.8) is 0 Å². The standard InChI is InChI=1S/C42H28N2O/c1-2-11-28(12-3-1)43-36-17-7-4-13-31(36)34-25-35-32-14-5-8-18-37(32)44(39(35)26-38(34)43)29-23-21-27(22-24-29)30-16-10-20-41-42(30)33-15-6-9-19-40(33)45-41/h1-21,23,25-26H,22,24H2. The molecule has 3 nitrogen and oxygen atoms in total. The third kappa shape index (κ3) is 3.52. The second kappa shape index (κ2) is 9.35. The fraction of sp³-hybridized carbons (Fsp3) is 0.0476. The highest BCUT2D eigenvalue weighted by Crippen LogP contribution is 2.42. The molecule has 3 heteroatoms. The third-order valence-electron chi connectivity index (χ3n) is 9.64. The van der Waals surface area contributed by atoms with Crippen molar-refractivity contribution in [1.29, 1.82) is 0 Å². The Balaban J connectivity index is 1.21. The van der Waals surface area contributed by atoms with Crippen LogP contribution in [0.4, 0.5) is 0 Å². The summed E-state index contributed by atoms with van der Waals surface area (Å²) in [5, 5.41) is 7.53. The molecule has 0 amide bonds. The van der Waals surface area contributed by atoms with Gasteiger partial charge in [0.25, 0.3) is 0 Å². The summed E-state index contributed by atoms with van der Waals surface area (Å²) in [6, 6.07) is 48.0. The van der Waals surface area contributed by atoms with Gasteiger partial charge in [-0.3, -0.25) is 0 Å². The lowest BCUT2D eigenvalue weighted by Crippen LogP contribution is -2.01. The normalized spacial score (nSPS) is 13.9. The molecule has 0 spiro atoms. The summed E-state index contributed by atoms with van der Waals surface area (Å²) in [5.74, 6) is 0.